The fraction of sp³-hybridized carbons (Fsp3) is 0.333. The minimum atomic E-state index is -3.99. The zero-order valence-corrected chi connectivity index (χ0v) is 18.3. The molecule has 0 aliphatic rings. The highest BCUT2D eigenvalue weighted by Crippen LogP contribution is 2.59. The van der Waals surface area contributed by atoms with Gasteiger partial charge in [-0.2, -0.15) is 9.77 Å². The number of hydrogen-bond donors (Lipinski definition) is 2. The molecule has 3 aromatic rings. The number of benzene rings is 1. The van der Waals surface area contributed by atoms with Crippen molar-refractivity contribution in [3.05, 3.63) is 67.1 Å². The molecule has 0 aliphatic carbocycles. The highest BCUT2D eigenvalue weighted by Gasteiger charge is 2.40. The van der Waals surface area contributed by atoms with Crippen LogP contribution < -0.4 is 16.4 Å². The summed E-state index contributed by atoms with van der Waals surface area (Å²) in [6.07, 6.45) is 1.18. The third kappa shape index (κ3) is 4.15. The molecule has 10 nitrogen and oxygen atoms in total. The van der Waals surface area contributed by atoms with Crippen molar-refractivity contribution < 1.29 is 18.0 Å². The molecule has 0 bridgehead atoms. The molecular weight excluding hydrogens is 431 g/mol. The summed E-state index contributed by atoms with van der Waals surface area (Å²) >= 11 is 5.14. The van der Waals surface area contributed by atoms with E-state index in [0.717, 1.165) is 4.68 Å². The first-order chi connectivity index (χ1) is 14.3. The molecule has 160 valence electrons. The molecule has 0 radical (unpaired) electrons. The molecule has 0 amide bonds. The predicted molar refractivity (Wildman–Crippen MR) is 114 cm³/mol. The van der Waals surface area contributed by atoms with E-state index in [1.54, 1.807) is 38.1 Å². The van der Waals surface area contributed by atoms with Crippen molar-refractivity contribution in [3.63, 3.8) is 0 Å². The minimum absolute atomic E-state index is 0.0327. The van der Waals surface area contributed by atoms with E-state index in [2.05, 4.69) is 15.6 Å². The van der Waals surface area contributed by atoms with Crippen LogP contribution in [0.15, 0.2) is 44.5 Å². The second kappa shape index (κ2) is 9.05. The molecule has 2 heterocycles. The van der Waals surface area contributed by atoms with Gasteiger partial charge in [-0.05, 0) is 45.1 Å². The normalized spacial score (nSPS) is 12.8. The van der Waals surface area contributed by atoms with E-state index in [1.807, 2.05) is 0 Å². The maximum atomic E-state index is 13.7. The van der Waals surface area contributed by atoms with Gasteiger partial charge in [0.2, 0.25) is 4.77 Å². The van der Waals surface area contributed by atoms with Crippen LogP contribution in [0.25, 0.3) is 11.0 Å². The molecule has 0 spiro atoms. The van der Waals surface area contributed by atoms with Crippen LogP contribution in [0.1, 0.15) is 30.9 Å². The molecule has 2 N–H and O–H groups in total. The monoisotopic (exact) mass is 452 g/mol. The van der Waals surface area contributed by atoms with Crippen molar-refractivity contribution in [3.8, 4) is 0 Å². The van der Waals surface area contributed by atoms with E-state index < -0.39 is 24.4 Å². The number of nitrogens with zero attached hydrogens (tertiary/aromatic N) is 2. The molecule has 2 aromatic heterocycles. The molecule has 1 unspecified atom stereocenters. The van der Waals surface area contributed by atoms with Crippen molar-refractivity contribution in [2.75, 3.05) is 18.6 Å². The van der Waals surface area contributed by atoms with Gasteiger partial charge in [0.05, 0.1) is 24.2 Å². The standard InChI is InChI=1S/C18H21N4O6PS/c1-4-27-29(25,28-5-2)16(21-22-17(24)11(3)19-20-18(22)30)13-10-26-14-9-7-6-8-12(14)15(13)23/h6-10,16,21H,4-5H2,1-3H3,(H,20,30). The van der Waals surface area contributed by atoms with Crippen molar-refractivity contribution in [1.29, 1.82) is 0 Å². The number of aryl methyl sites for hydroxylation is 1. The van der Waals surface area contributed by atoms with Crippen molar-refractivity contribution in [2.45, 2.75) is 26.6 Å². The van der Waals surface area contributed by atoms with Gasteiger partial charge in [-0.25, -0.2) is 0 Å². The van der Waals surface area contributed by atoms with Gasteiger partial charge in [-0.15, -0.1) is 0 Å². The Bertz CT molecular complexity index is 1270. The topological polar surface area (TPSA) is 128 Å². The van der Waals surface area contributed by atoms with Gasteiger partial charge in [-0.3, -0.25) is 19.3 Å². The summed E-state index contributed by atoms with van der Waals surface area (Å²) < 4.78 is 31.0. The van der Waals surface area contributed by atoms with Crippen LogP contribution in [-0.4, -0.2) is 28.1 Å². The summed E-state index contributed by atoms with van der Waals surface area (Å²) in [5.41, 5.74) is 2.17. The first kappa shape index (κ1) is 22.1. The minimum Gasteiger partial charge on any atom is -0.464 e. The molecule has 3 rings (SSSR count). The van der Waals surface area contributed by atoms with E-state index in [0.29, 0.717) is 5.58 Å². The fourth-order valence-electron chi connectivity index (χ4n) is 2.86. The van der Waals surface area contributed by atoms with Crippen LogP contribution in [0.4, 0.5) is 0 Å². The lowest BCUT2D eigenvalue weighted by Gasteiger charge is -2.27. The predicted octanol–water partition coefficient (Wildman–Crippen LogP) is 3.22. The Morgan fingerprint density at radius 1 is 1.27 bits per heavy atom. The Labute approximate surface area is 176 Å². The van der Waals surface area contributed by atoms with Crippen molar-refractivity contribution in [1.82, 2.24) is 14.9 Å². The number of hydrogen-bond acceptors (Lipinski definition) is 9. The first-order valence-corrected chi connectivity index (χ1v) is 11.2. The average Bonchev–Trinajstić information content (AvgIpc) is 2.72. The molecule has 0 saturated heterocycles. The van der Waals surface area contributed by atoms with Crippen molar-refractivity contribution in [2.24, 2.45) is 0 Å². The Morgan fingerprint density at radius 3 is 2.60 bits per heavy atom. The highest BCUT2D eigenvalue weighted by atomic mass is 32.1. The molecule has 30 heavy (non-hydrogen) atoms. The molecule has 0 fully saturated rings. The highest BCUT2D eigenvalue weighted by molar-refractivity contribution is 7.71. The summed E-state index contributed by atoms with van der Waals surface area (Å²) in [6, 6.07) is 6.64. The van der Waals surface area contributed by atoms with Crippen molar-refractivity contribution >= 4 is 30.8 Å². The molecular formula is C18H21N4O6PS. The van der Waals surface area contributed by atoms with Crippen LogP contribution >= 0.6 is 19.8 Å². The third-order valence-electron chi connectivity index (χ3n) is 4.22. The summed E-state index contributed by atoms with van der Waals surface area (Å²) in [7, 11) is -3.99. The van der Waals surface area contributed by atoms with Gasteiger partial charge in [0.1, 0.15) is 17.5 Å². The van der Waals surface area contributed by atoms with Crippen LogP contribution in [-0.2, 0) is 13.6 Å². The zero-order chi connectivity index (χ0) is 21.9. The number of rotatable bonds is 8. The van der Waals surface area contributed by atoms with Gasteiger partial charge in [-0.1, -0.05) is 12.1 Å². The third-order valence-corrected chi connectivity index (χ3v) is 6.76. The SMILES string of the molecule is CCOP(=O)(OCC)C(Nn1c(=S)[nH]nc(C)c1=O)c1coc2ccccc2c1=O. The number of nitrogens with one attached hydrogen (secondary N) is 2. The summed E-state index contributed by atoms with van der Waals surface area (Å²) in [6.45, 7) is 4.86. The van der Waals surface area contributed by atoms with E-state index in [1.165, 1.54) is 13.2 Å². The van der Waals surface area contributed by atoms with Gasteiger partial charge in [0.15, 0.2) is 11.2 Å². The Hall–Kier alpha value is -2.59. The van der Waals surface area contributed by atoms with E-state index in [9.17, 15) is 14.2 Å². The number of fused-ring (bicyclic) bond motifs is 1. The number of aromatic nitrogens is 3. The largest absolute Gasteiger partial charge is 0.464 e. The van der Waals surface area contributed by atoms with Gasteiger partial charge in [0, 0.05) is 0 Å². The average molecular weight is 452 g/mol. The second-order valence-electron chi connectivity index (χ2n) is 6.18. The van der Waals surface area contributed by atoms with Gasteiger partial charge in [0.25, 0.3) is 5.56 Å². The van der Waals surface area contributed by atoms with Gasteiger partial charge >= 0.3 is 7.60 Å². The van der Waals surface area contributed by atoms with Crippen LogP contribution in [0.5, 0.6) is 0 Å². The second-order valence-corrected chi connectivity index (χ2v) is 8.68. The summed E-state index contributed by atoms with van der Waals surface area (Å²) in [5, 5.41) is 6.60. The molecule has 0 aliphatic heterocycles. The Kier molecular flexibility index (Phi) is 6.67. The number of H-pyrrole nitrogens is 1. The van der Waals surface area contributed by atoms with Crippen LogP contribution in [0, 0.1) is 11.7 Å². The van der Waals surface area contributed by atoms with Crippen LogP contribution in [0.3, 0.4) is 0 Å². The maximum Gasteiger partial charge on any atom is 0.358 e. The lowest BCUT2D eigenvalue weighted by molar-refractivity contribution is 0.212. The van der Waals surface area contributed by atoms with Gasteiger partial charge < -0.3 is 18.9 Å². The van der Waals surface area contributed by atoms with E-state index in [4.69, 9.17) is 25.7 Å². The summed E-state index contributed by atoms with van der Waals surface area (Å²) in [5.74, 6) is -1.37. The lowest BCUT2D eigenvalue weighted by Crippen LogP contribution is -2.36. The number of aromatic amines is 1. The smallest absolute Gasteiger partial charge is 0.358 e. The fourth-order valence-corrected chi connectivity index (χ4v) is 4.91. The molecule has 1 atom stereocenters. The zero-order valence-electron chi connectivity index (χ0n) is 16.6. The van der Waals surface area contributed by atoms with Crippen LogP contribution in [0.2, 0.25) is 0 Å². The maximum absolute atomic E-state index is 13.7. The first-order valence-electron chi connectivity index (χ1n) is 9.16. The molecule has 12 heteroatoms. The Balaban J connectivity index is 2.26. The van der Waals surface area contributed by atoms with E-state index >= 15 is 0 Å². The Morgan fingerprint density at radius 2 is 1.93 bits per heavy atom. The lowest BCUT2D eigenvalue weighted by atomic mass is 10.2. The number of para-hydroxylation sites is 1. The quantitative estimate of drug-likeness (QED) is 0.391. The summed E-state index contributed by atoms with van der Waals surface area (Å²) in [4.78, 5) is 25.8. The molecule has 0 saturated carbocycles. The molecule has 1 aromatic carbocycles. The van der Waals surface area contributed by atoms with E-state index in [-0.39, 0.29) is 34.6 Å².